The summed E-state index contributed by atoms with van der Waals surface area (Å²) in [6.45, 7) is 7.47. The molecule has 0 fully saturated rings. The van der Waals surface area contributed by atoms with E-state index in [1.807, 2.05) is 4.68 Å². The van der Waals surface area contributed by atoms with E-state index in [9.17, 15) is 0 Å². The maximum atomic E-state index is 4.18. The number of hydrogen-bond acceptors (Lipinski definition) is 2. The molecule has 0 radical (unpaired) electrons. The molecule has 15 heavy (non-hydrogen) atoms. The van der Waals surface area contributed by atoms with Crippen molar-refractivity contribution < 1.29 is 0 Å². The van der Waals surface area contributed by atoms with Gasteiger partial charge in [0.25, 0.3) is 0 Å². The predicted octanol–water partition coefficient (Wildman–Crippen LogP) is 3.74. The molecule has 1 aromatic rings. The third-order valence-electron chi connectivity index (χ3n) is 2.47. The molecule has 86 valence electrons. The van der Waals surface area contributed by atoms with E-state index in [2.05, 4.69) is 47.0 Å². The summed E-state index contributed by atoms with van der Waals surface area (Å²) in [6.07, 6.45) is 5.05. The number of aryl methyl sites for hydroxylation is 1. The van der Waals surface area contributed by atoms with Gasteiger partial charge in [-0.1, -0.05) is 45.2 Å². The highest BCUT2D eigenvalue weighted by atomic mass is 79.9. The smallest absolute Gasteiger partial charge is 0.127 e. The molecule has 0 aromatic carbocycles. The molecule has 0 N–H and O–H groups in total. The van der Waals surface area contributed by atoms with Gasteiger partial charge in [-0.05, 0) is 22.4 Å². The van der Waals surface area contributed by atoms with Crippen molar-refractivity contribution in [1.82, 2.24) is 15.0 Å². The second-order valence-corrected chi connectivity index (χ2v) is 4.96. The van der Waals surface area contributed by atoms with E-state index in [4.69, 9.17) is 0 Å². The van der Waals surface area contributed by atoms with E-state index in [1.54, 1.807) is 0 Å². The highest BCUT2D eigenvalue weighted by Crippen LogP contribution is 2.22. The van der Waals surface area contributed by atoms with Crippen LogP contribution in [0.5, 0.6) is 0 Å². The lowest BCUT2D eigenvalue weighted by atomic mass is 10.1. The standard InChI is InChI=1S/C11H20BrN3/c1-4-5-6-7-8-15-11(12)10(9(2)3)13-14-15/h9H,4-8H2,1-3H3. The molecule has 1 aromatic heterocycles. The lowest BCUT2D eigenvalue weighted by Crippen LogP contribution is -2.01. The first kappa shape index (κ1) is 12.7. The maximum absolute atomic E-state index is 4.18. The molecule has 1 rings (SSSR count). The first-order valence-corrected chi connectivity index (χ1v) is 6.55. The zero-order chi connectivity index (χ0) is 11.3. The molecule has 0 unspecified atom stereocenters. The summed E-state index contributed by atoms with van der Waals surface area (Å²) in [4.78, 5) is 0. The molecule has 0 saturated heterocycles. The van der Waals surface area contributed by atoms with Crippen LogP contribution in [0.15, 0.2) is 4.60 Å². The average molecular weight is 274 g/mol. The van der Waals surface area contributed by atoms with Gasteiger partial charge < -0.3 is 0 Å². The van der Waals surface area contributed by atoms with Gasteiger partial charge in [-0.3, -0.25) is 0 Å². The molecule has 0 amide bonds. The summed E-state index contributed by atoms with van der Waals surface area (Å²) in [6, 6.07) is 0. The van der Waals surface area contributed by atoms with Gasteiger partial charge in [0.15, 0.2) is 0 Å². The Balaban J connectivity index is 2.48. The Morgan fingerprint density at radius 3 is 2.53 bits per heavy atom. The van der Waals surface area contributed by atoms with Crippen LogP contribution in [-0.4, -0.2) is 15.0 Å². The minimum absolute atomic E-state index is 0.434. The number of nitrogens with zero attached hydrogens (tertiary/aromatic N) is 3. The number of hydrogen-bond donors (Lipinski definition) is 0. The van der Waals surface area contributed by atoms with Gasteiger partial charge >= 0.3 is 0 Å². The van der Waals surface area contributed by atoms with Gasteiger partial charge in [-0.15, -0.1) is 5.10 Å². The van der Waals surface area contributed by atoms with Crippen molar-refractivity contribution in [2.45, 2.75) is 58.9 Å². The van der Waals surface area contributed by atoms with E-state index in [0.29, 0.717) is 5.92 Å². The van der Waals surface area contributed by atoms with Gasteiger partial charge in [0.05, 0.1) is 5.69 Å². The van der Waals surface area contributed by atoms with Crippen LogP contribution in [0.1, 0.15) is 58.1 Å². The zero-order valence-electron chi connectivity index (χ0n) is 9.83. The fraction of sp³-hybridized carbons (Fsp3) is 0.818. The molecule has 4 heteroatoms. The average Bonchev–Trinajstić information content (AvgIpc) is 2.55. The molecule has 1 heterocycles. The highest BCUT2D eigenvalue weighted by Gasteiger charge is 2.12. The molecular formula is C11H20BrN3. The Kier molecular flexibility index (Phi) is 5.29. The second kappa shape index (κ2) is 6.26. The second-order valence-electron chi connectivity index (χ2n) is 4.20. The van der Waals surface area contributed by atoms with Crippen molar-refractivity contribution in [2.75, 3.05) is 0 Å². The van der Waals surface area contributed by atoms with E-state index in [-0.39, 0.29) is 0 Å². The van der Waals surface area contributed by atoms with Gasteiger partial charge in [0.2, 0.25) is 0 Å². The number of unbranched alkanes of at least 4 members (excludes halogenated alkanes) is 3. The molecule has 0 aliphatic rings. The molecule has 0 saturated carbocycles. The normalized spacial score (nSPS) is 11.3. The van der Waals surface area contributed by atoms with Crippen molar-refractivity contribution in [3.63, 3.8) is 0 Å². The van der Waals surface area contributed by atoms with Gasteiger partial charge in [0, 0.05) is 12.5 Å². The summed E-state index contributed by atoms with van der Waals surface area (Å²) in [5, 5.41) is 8.33. The van der Waals surface area contributed by atoms with Crippen molar-refractivity contribution in [3.05, 3.63) is 10.3 Å². The fourth-order valence-corrected chi connectivity index (χ4v) is 2.29. The van der Waals surface area contributed by atoms with E-state index < -0.39 is 0 Å². The third-order valence-corrected chi connectivity index (χ3v) is 3.28. The molecule has 0 aliphatic carbocycles. The number of rotatable bonds is 6. The maximum Gasteiger partial charge on any atom is 0.127 e. The minimum Gasteiger partial charge on any atom is -0.238 e. The Morgan fingerprint density at radius 2 is 2.00 bits per heavy atom. The molecular weight excluding hydrogens is 254 g/mol. The molecule has 3 nitrogen and oxygen atoms in total. The zero-order valence-corrected chi connectivity index (χ0v) is 11.4. The van der Waals surface area contributed by atoms with Gasteiger partial charge in [0.1, 0.15) is 4.60 Å². The van der Waals surface area contributed by atoms with Crippen molar-refractivity contribution in [2.24, 2.45) is 0 Å². The lowest BCUT2D eigenvalue weighted by molar-refractivity contribution is 0.520. The summed E-state index contributed by atoms with van der Waals surface area (Å²) < 4.78 is 3.01. The predicted molar refractivity (Wildman–Crippen MR) is 66.0 cm³/mol. The highest BCUT2D eigenvalue weighted by molar-refractivity contribution is 9.10. The Bertz CT molecular complexity index is 294. The van der Waals surface area contributed by atoms with Crippen molar-refractivity contribution in [3.8, 4) is 0 Å². The Morgan fingerprint density at radius 1 is 1.27 bits per heavy atom. The van der Waals surface area contributed by atoms with Crippen LogP contribution in [0.2, 0.25) is 0 Å². The monoisotopic (exact) mass is 273 g/mol. The fourth-order valence-electron chi connectivity index (χ4n) is 1.50. The summed E-state index contributed by atoms with van der Waals surface area (Å²) in [7, 11) is 0. The number of aromatic nitrogens is 3. The van der Waals surface area contributed by atoms with E-state index >= 15 is 0 Å². The van der Waals surface area contributed by atoms with Crippen LogP contribution in [0.25, 0.3) is 0 Å². The summed E-state index contributed by atoms with van der Waals surface area (Å²) in [5.41, 5.74) is 1.06. The summed E-state index contributed by atoms with van der Waals surface area (Å²) in [5.74, 6) is 0.434. The van der Waals surface area contributed by atoms with Crippen LogP contribution in [0, 0.1) is 0 Å². The van der Waals surface area contributed by atoms with Crippen LogP contribution >= 0.6 is 15.9 Å². The van der Waals surface area contributed by atoms with Crippen LogP contribution in [-0.2, 0) is 6.54 Å². The Hall–Kier alpha value is -0.380. The lowest BCUT2D eigenvalue weighted by Gasteiger charge is -2.03. The van der Waals surface area contributed by atoms with Gasteiger partial charge in [-0.2, -0.15) is 0 Å². The molecule has 0 spiro atoms. The third kappa shape index (κ3) is 3.59. The van der Waals surface area contributed by atoms with E-state index in [0.717, 1.165) is 16.8 Å². The Labute approximate surface area is 100 Å². The first-order chi connectivity index (χ1) is 7.16. The number of halogens is 1. The quantitative estimate of drug-likeness (QED) is 0.740. The van der Waals surface area contributed by atoms with Crippen molar-refractivity contribution >= 4 is 15.9 Å². The largest absolute Gasteiger partial charge is 0.238 e. The molecule has 0 atom stereocenters. The topological polar surface area (TPSA) is 30.7 Å². The molecule has 0 bridgehead atoms. The van der Waals surface area contributed by atoms with Gasteiger partial charge in [-0.25, -0.2) is 4.68 Å². The molecule has 0 aliphatic heterocycles. The van der Waals surface area contributed by atoms with Crippen LogP contribution < -0.4 is 0 Å². The minimum atomic E-state index is 0.434. The van der Waals surface area contributed by atoms with Crippen LogP contribution in [0.4, 0.5) is 0 Å². The van der Waals surface area contributed by atoms with Crippen molar-refractivity contribution in [1.29, 1.82) is 0 Å². The SMILES string of the molecule is CCCCCCn1nnc(C(C)C)c1Br. The van der Waals surface area contributed by atoms with E-state index in [1.165, 1.54) is 25.7 Å². The summed E-state index contributed by atoms with van der Waals surface area (Å²) >= 11 is 3.56. The first-order valence-electron chi connectivity index (χ1n) is 5.75. The van der Waals surface area contributed by atoms with Crippen LogP contribution in [0.3, 0.4) is 0 Å².